The molecule has 1 saturated carbocycles. The van der Waals surface area contributed by atoms with Gasteiger partial charge in [0.15, 0.2) is 0 Å². The van der Waals surface area contributed by atoms with Crippen LogP contribution in [0.25, 0.3) is 0 Å². The molecule has 25 heavy (non-hydrogen) atoms. The molecule has 0 bridgehead atoms. The Bertz CT molecular complexity index is 580. The summed E-state index contributed by atoms with van der Waals surface area (Å²) < 4.78 is 37.6. The van der Waals surface area contributed by atoms with Gasteiger partial charge in [0.05, 0.1) is 5.92 Å². The fourth-order valence-electron chi connectivity index (χ4n) is 4.52. The number of alkyl halides is 3. The summed E-state index contributed by atoms with van der Waals surface area (Å²) in [4.78, 5) is 38.3. The number of hydrogen-bond donors (Lipinski definition) is 1. The van der Waals surface area contributed by atoms with Crippen LogP contribution in [-0.4, -0.2) is 64.0 Å². The zero-order chi connectivity index (χ0) is 18.4. The van der Waals surface area contributed by atoms with Gasteiger partial charge in [-0.3, -0.25) is 9.59 Å². The van der Waals surface area contributed by atoms with E-state index < -0.39 is 42.5 Å². The Labute approximate surface area is 142 Å². The molecule has 3 aliphatic rings. The molecule has 3 rings (SSSR count). The maximum Gasteiger partial charge on any atom is 0.406 e. The smallest absolute Gasteiger partial charge is 0.406 e. The predicted octanol–water partition coefficient (Wildman–Crippen LogP) is 1.64. The van der Waals surface area contributed by atoms with Crippen molar-refractivity contribution in [1.29, 1.82) is 0 Å². The van der Waals surface area contributed by atoms with Gasteiger partial charge in [-0.1, -0.05) is 12.8 Å². The minimum Gasteiger partial charge on any atom is -0.480 e. The Morgan fingerprint density at radius 2 is 1.88 bits per heavy atom. The van der Waals surface area contributed by atoms with Gasteiger partial charge in [0.25, 0.3) is 0 Å². The number of halogens is 3. The Morgan fingerprint density at radius 1 is 1.20 bits per heavy atom. The molecule has 2 saturated heterocycles. The molecule has 6 nitrogen and oxygen atoms in total. The number of carboxylic acids is 1. The van der Waals surface area contributed by atoms with Crippen LogP contribution in [0.3, 0.4) is 0 Å². The summed E-state index contributed by atoms with van der Waals surface area (Å²) in [5.74, 6) is -3.04. The second-order valence-electron chi connectivity index (χ2n) is 7.24. The zero-order valence-electron chi connectivity index (χ0n) is 13.7. The molecule has 2 heterocycles. The molecule has 0 unspecified atom stereocenters. The topological polar surface area (TPSA) is 77.9 Å². The first-order valence-electron chi connectivity index (χ1n) is 8.57. The quantitative estimate of drug-likeness (QED) is 0.828. The molecule has 0 spiro atoms. The minimum absolute atomic E-state index is 0.127. The summed E-state index contributed by atoms with van der Waals surface area (Å²) in [5.41, 5.74) is 0. The molecule has 3 fully saturated rings. The van der Waals surface area contributed by atoms with Crippen molar-refractivity contribution in [2.24, 2.45) is 11.8 Å². The van der Waals surface area contributed by atoms with Crippen molar-refractivity contribution in [2.75, 3.05) is 13.1 Å². The standard InChI is InChI=1S/C16H21F3N2O4/c17-16(18,19)8-20-7-10(6-13(20)22)14(23)21-11-4-2-1-3-9(11)5-12(21)15(24)25/h9-12H,1-8H2,(H,24,25)/t9-,10-,11+,12-/m0/s1. The number of aliphatic carboxylic acids is 1. The van der Waals surface area contributed by atoms with Gasteiger partial charge in [-0.15, -0.1) is 0 Å². The molecular formula is C16H21F3N2O4. The fraction of sp³-hybridized carbons (Fsp3) is 0.812. The number of nitrogens with zero attached hydrogens (tertiary/aromatic N) is 2. The number of carbonyl (C=O) groups is 3. The molecule has 0 aromatic heterocycles. The Morgan fingerprint density at radius 3 is 2.52 bits per heavy atom. The highest BCUT2D eigenvalue weighted by Crippen LogP contribution is 2.41. The number of fused-ring (bicyclic) bond motifs is 1. The van der Waals surface area contributed by atoms with Crippen molar-refractivity contribution in [3.8, 4) is 0 Å². The average molecular weight is 362 g/mol. The van der Waals surface area contributed by atoms with Gasteiger partial charge in [0.1, 0.15) is 12.6 Å². The minimum atomic E-state index is -4.51. The Balaban J connectivity index is 1.74. The molecule has 0 aromatic carbocycles. The number of hydrogen-bond acceptors (Lipinski definition) is 3. The van der Waals surface area contributed by atoms with Crippen molar-refractivity contribution < 1.29 is 32.7 Å². The first-order valence-corrected chi connectivity index (χ1v) is 8.57. The lowest BCUT2D eigenvalue weighted by atomic mass is 9.84. The van der Waals surface area contributed by atoms with Crippen molar-refractivity contribution in [3.05, 3.63) is 0 Å². The van der Waals surface area contributed by atoms with Crippen molar-refractivity contribution in [2.45, 2.75) is 56.8 Å². The van der Waals surface area contributed by atoms with Gasteiger partial charge in [0, 0.05) is 19.0 Å². The van der Waals surface area contributed by atoms with E-state index in [1.165, 1.54) is 4.90 Å². The monoisotopic (exact) mass is 362 g/mol. The molecule has 1 N–H and O–H groups in total. The van der Waals surface area contributed by atoms with E-state index in [2.05, 4.69) is 0 Å². The van der Waals surface area contributed by atoms with Gasteiger partial charge in [-0.25, -0.2) is 4.79 Å². The van der Waals surface area contributed by atoms with Crippen LogP contribution in [0.1, 0.15) is 38.5 Å². The van der Waals surface area contributed by atoms with E-state index in [0.717, 1.165) is 19.3 Å². The molecule has 140 valence electrons. The fourth-order valence-corrected chi connectivity index (χ4v) is 4.52. The molecule has 4 atom stereocenters. The summed E-state index contributed by atoms with van der Waals surface area (Å²) in [6, 6.07) is -1.11. The maximum absolute atomic E-state index is 12.9. The van der Waals surface area contributed by atoms with Crippen LogP contribution in [0.4, 0.5) is 13.2 Å². The van der Waals surface area contributed by atoms with Crippen LogP contribution in [0, 0.1) is 11.8 Å². The second kappa shape index (κ2) is 6.49. The lowest BCUT2D eigenvalue weighted by Crippen LogP contribution is -2.49. The number of likely N-dealkylation sites (tertiary alicyclic amines) is 2. The van der Waals surface area contributed by atoms with Crippen molar-refractivity contribution >= 4 is 17.8 Å². The average Bonchev–Trinajstić information content (AvgIpc) is 3.06. The third-order valence-electron chi connectivity index (χ3n) is 5.56. The van der Waals surface area contributed by atoms with E-state index in [1.807, 2.05) is 0 Å². The zero-order valence-corrected chi connectivity index (χ0v) is 13.7. The Hall–Kier alpha value is -1.80. The normalized spacial score (nSPS) is 32.8. The van der Waals surface area contributed by atoms with E-state index in [-0.39, 0.29) is 24.9 Å². The Kier molecular flexibility index (Phi) is 4.68. The van der Waals surface area contributed by atoms with Crippen molar-refractivity contribution in [3.63, 3.8) is 0 Å². The SMILES string of the molecule is O=C(O)[C@@H]1C[C@@H]2CCCC[C@H]2N1C(=O)[C@H]1CC(=O)N(CC(F)(F)F)C1. The first-order chi connectivity index (χ1) is 11.7. The van der Waals surface area contributed by atoms with E-state index in [4.69, 9.17) is 0 Å². The number of amides is 2. The summed E-state index contributed by atoms with van der Waals surface area (Å²) in [7, 11) is 0. The number of rotatable bonds is 3. The van der Waals surface area contributed by atoms with Crippen LogP contribution in [0.5, 0.6) is 0 Å². The highest BCUT2D eigenvalue weighted by Gasteiger charge is 2.50. The molecule has 9 heteroatoms. The van der Waals surface area contributed by atoms with Crippen LogP contribution in [-0.2, 0) is 14.4 Å². The molecule has 2 aliphatic heterocycles. The summed E-state index contributed by atoms with van der Waals surface area (Å²) >= 11 is 0. The van der Waals surface area contributed by atoms with Crippen LogP contribution < -0.4 is 0 Å². The van der Waals surface area contributed by atoms with Gasteiger partial charge in [0.2, 0.25) is 11.8 Å². The lowest BCUT2D eigenvalue weighted by molar-refractivity contribution is -0.157. The van der Waals surface area contributed by atoms with Crippen LogP contribution >= 0.6 is 0 Å². The van der Waals surface area contributed by atoms with E-state index >= 15 is 0 Å². The highest BCUT2D eigenvalue weighted by atomic mass is 19.4. The van der Waals surface area contributed by atoms with Gasteiger partial charge in [-0.2, -0.15) is 13.2 Å². The highest BCUT2D eigenvalue weighted by molar-refractivity contribution is 5.92. The van der Waals surface area contributed by atoms with E-state index in [9.17, 15) is 32.7 Å². The second-order valence-corrected chi connectivity index (χ2v) is 7.24. The van der Waals surface area contributed by atoms with E-state index in [1.54, 1.807) is 0 Å². The van der Waals surface area contributed by atoms with Gasteiger partial charge < -0.3 is 14.9 Å². The lowest BCUT2D eigenvalue weighted by Gasteiger charge is -2.34. The summed E-state index contributed by atoms with van der Waals surface area (Å²) in [6.07, 6.45) is -0.930. The van der Waals surface area contributed by atoms with E-state index in [0.29, 0.717) is 17.7 Å². The summed E-state index contributed by atoms with van der Waals surface area (Å²) in [6.45, 7) is -1.67. The third-order valence-corrected chi connectivity index (χ3v) is 5.56. The molecule has 0 aromatic rings. The van der Waals surface area contributed by atoms with Crippen molar-refractivity contribution in [1.82, 2.24) is 9.80 Å². The first kappa shape index (κ1) is 18.0. The van der Waals surface area contributed by atoms with Crippen LogP contribution in [0.15, 0.2) is 0 Å². The summed E-state index contributed by atoms with van der Waals surface area (Å²) in [5, 5.41) is 9.46. The molecule has 2 amide bonds. The molecular weight excluding hydrogens is 341 g/mol. The van der Waals surface area contributed by atoms with Crippen LogP contribution in [0.2, 0.25) is 0 Å². The predicted molar refractivity (Wildman–Crippen MR) is 79.4 cm³/mol. The van der Waals surface area contributed by atoms with Gasteiger partial charge in [-0.05, 0) is 25.2 Å². The van der Waals surface area contributed by atoms with Gasteiger partial charge >= 0.3 is 12.1 Å². The largest absolute Gasteiger partial charge is 0.480 e. The maximum atomic E-state index is 12.9. The third kappa shape index (κ3) is 3.59. The molecule has 0 radical (unpaired) electrons. The molecule has 1 aliphatic carbocycles. The number of carboxylic acid groups (broad SMARTS) is 1. The number of carbonyl (C=O) groups excluding carboxylic acids is 2.